The molecule has 2 amide bonds. The van der Waals surface area contributed by atoms with Crippen LogP contribution in [0.5, 0.6) is 0 Å². The molecule has 1 unspecified atom stereocenters. The average Bonchev–Trinajstić information content (AvgIpc) is 3.13. The Morgan fingerprint density at radius 3 is 2.70 bits per heavy atom. The van der Waals surface area contributed by atoms with Gasteiger partial charge in [-0.3, -0.25) is 9.59 Å². The van der Waals surface area contributed by atoms with Gasteiger partial charge < -0.3 is 21.7 Å². The quantitative estimate of drug-likeness (QED) is 0.597. The number of benzene rings is 2. The number of hydrogen-bond acceptors (Lipinski definition) is 6. The van der Waals surface area contributed by atoms with Crippen LogP contribution in [0.4, 0.5) is 20.2 Å². The SMILES string of the molecule is NC(=O)c1ccc(N2CCC(N)(C(=O)Nc3ccc(F)c(F)c3)C2)c2cncnc12. The number of rotatable bonds is 4. The Kier molecular flexibility index (Phi) is 4.78. The molecule has 0 saturated carbocycles. The zero-order valence-electron chi connectivity index (χ0n) is 15.7. The fourth-order valence-electron chi connectivity index (χ4n) is 3.59. The van der Waals surface area contributed by atoms with Crippen LogP contribution in [-0.2, 0) is 4.79 Å². The molecule has 1 atom stereocenters. The lowest BCUT2D eigenvalue weighted by Crippen LogP contribution is -2.53. The predicted octanol–water partition coefficient (Wildman–Crippen LogP) is 1.55. The van der Waals surface area contributed by atoms with Crippen molar-refractivity contribution in [3.05, 3.63) is 60.1 Å². The number of primary amides is 1. The van der Waals surface area contributed by atoms with Crippen molar-refractivity contribution in [3.63, 3.8) is 0 Å². The molecule has 1 saturated heterocycles. The van der Waals surface area contributed by atoms with Crippen molar-refractivity contribution in [3.8, 4) is 0 Å². The predicted molar refractivity (Wildman–Crippen MR) is 107 cm³/mol. The van der Waals surface area contributed by atoms with Crippen molar-refractivity contribution < 1.29 is 18.4 Å². The largest absolute Gasteiger partial charge is 0.368 e. The van der Waals surface area contributed by atoms with Gasteiger partial charge in [-0.1, -0.05) is 0 Å². The second-order valence-corrected chi connectivity index (χ2v) is 7.19. The smallest absolute Gasteiger partial charge is 0.250 e. The van der Waals surface area contributed by atoms with Gasteiger partial charge in [0, 0.05) is 42.1 Å². The van der Waals surface area contributed by atoms with E-state index < -0.39 is 29.0 Å². The highest BCUT2D eigenvalue weighted by Gasteiger charge is 2.41. The molecule has 10 heteroatoms. The van der Waals surface area contributed by atoms with Crippen LogP contribution in [-0.4, -0.2) is 40.4 Å². The molecule has 1 aliphatic rings. The molecule has 1 aliphatic heterocycles. The normalized spacial score (nSPS) is 18.6. The number of carbonyl (C=O) groups excluding carboxylic acids is 2. The number of halogens is 2. The van der Waals surface area contributed by atoms with Gasteiger partial charge in [0.25, 0.3) is 5.91 Å². The summed E-state index contributed by atoms with van der Waals surface area (Å²) in [6.07, 6.45) is 3.22. The summed E-state index contributed by atoms with van der Waals surface area (Å²) in [5.41, 5.74) is 12.0. The van der Waals surface area contributed by atoms with Gasteiger partial charge in [-0.05, 0) is 30.7 Å². The molecule has 0 radical (unpaired) electrons. The molecule has 154 valence electrons. The third kappa shape index (κ3) is 3.41. The van der Waals surface area contributed by atoms with Crippen LogP contribution in [0.3, 0.4) is 0 Å². The number of anilines is 2. The number of nitrogens with two attached hydrogens (primary N) is 2. The first-order chi connectivity index (χ1) is 14.3. The molecule has 0 bridgehead atoms. The van der Waals surface area contributed by atoms with E-state index in [0.717, 1.165) is 12.1 Å². The van der Waals surface area contributed by atoms with Gasteiger partial charge in [0.05, 0.1) is 11.1 Å². The van der Waals surface area contributed by atoms with Gasteiger partial charge in [-0.25, -0.2) is 18.7 Å². The highest BCUT2D eigenvalue weighted by molar-refractivity contribution is 6.08. The summed E-state index contributed by atoms with van der Waals surface area (Å²) in [6, 6.07) is 6.38. The van der Waals surface area contributed by atoms with Crippen molar-refractivity contribution in [1.29, 1.82) is 0 Å². The van der Waals surface area contributed by atoms with Crippen LogP contribution in [0.15, 0.2) is 42.9 Å². The van der Waals surface area contributed by atoms with Gasteiger partial charge >= 0.3 is 0 Å². The summed E-state index contributed by atoms with van der Waals surface area (Å²) < 4.78 is 26.5. The van der Waals surface area contributed by atoms with Crippen molar-refractivity contribution in [2.75, 3.05) is 23.3 Å². The maximum atomic E-state index is 13.4. The van der Waals surface area contributed by atoms with E-state index in [1.807, 2.05) is 4.90 Å². The summed E-state index contributed by atoms with van der Waals surface area (Å²) in [5, 5.41) is 3.15. The first kappa shape index (κ1) is 19.6. The Bertz CT molecular complexity index is 1170. The fraction of sp³-hybridized carbons (Fsp3) is 0.200. The number of amides is 2. The van der Waals surface area contributed by atoms with Crippen molar-refractivity contribution in [1.82, 2.24) is 9.97 Å². The number of hydrogen-bond donors (Lipinski definition) is 3. The first-order valence-electron chi connectivity index (χ1n) is 9.11. The van der Waals surface area contributed by atoms with Gasteiger partial charge in [0.2, 0.25) is 5.91 Å². The van der Waals surface area contributed by atoms with E-state index in [1.165, 1.54) is 12.4 Å². The van der Waals surface area contributed by atoms with E-state index in [0.29, 0.717) is 29.6 Å². The second kappa shape index (κ2) is 7.30. The van der Waals surface area contributed by atoms with Crippen LogP contribution in [0, 0.1) is 11.6 Å². The molecular weight excluding hydrogens is 394 g/mol. The van der Waals surface area contributed by atoms with Crippen molar-refractivity contribution >= 4 is 34.1 Å². The van der Waals surface area contributed by atoms with Crippen LogP contribution < -0.4 is 21.7 Å². The van der Waals surface area contributed by atoms with E-state index >= 15 is 0 Å². The number of fused-ring (bicyclic) bond motifs is 1. The summed E-state index contributed by atoms with van der Waals surface area (Å²) in [4.78, 5) is 34.5. The third-order valence-electron chi connectivity index (χ3n) is 5.19. The van der Waals surface area contributed by atoms with Crippen LogP contribution in [0.25, 0.3) is 10.9 Å². The monoisotopic (exact) mass is 412 g/mol. The first-order valence-corrected chi connectivity index (χ1v) is 9.11. The standard InChI is InChI=1S/C20H18F2N6O2/c21-14-3-1-11(7-15(14)22)27-19(30)20(24)5-6-28(9-20)16-4-2-12(18(23)29)17-13(16)8-25-10-26-17/h1-4,7-8,10H,5-6,9,24H2,(H2,23,29)(H,27,30). The van der Waals surface area contributed by atoms with Gasteiger partial charge in [0.15, 0.2) is 11.6 Å². The van der Waals surface area contributed by atoms with E-state index in [1.54, 1.807) is 18.3 Å². The summed E-state index contributed by atoms with van der Waals surface area (Å²) in [5.74, 6) is -3.18. The Balaban J connectivity index is 1.59. The van der Waals surface area contributed by atoms with E-state index in [2.05, 4.69) is 15.3 Å². The van der Waals surface area contributed by atoms with Crippen LogP contribution in [0.1, 0.15) is 16.8 Å². The summed E-state index contributed by atoms with van der Waals surface area (Å²) >= 11 is 0. The third-order valence-corrected chi connectivity index (χ3v) is 5.19. The van der Waals surface area contributed by atoms with Crippen molar-refractivity contribution in [2.45, 2.75) is 12.0 Å². The molecule has 30 heavy (non-hydrogen) atoms. The number of nitrogens with zero attached hydrogens (tertiary/aromatic N) is 3. The Morgan fingerprint density at radius 2 is 1.97 bits per heavy atom. The van der Waals surface area contributed by atoms with Crippen molar-refractivity contribution in [2.24, 2.45) is 11.5 Å². The minimum atomic E-state index is -1.25. The Labute approximate surface area is 169 Å². The molecule has 8 nitrogen and oxygen atoms in total. The molecule has 1 aromatic heterocycles. The Hall–Kier alpha value is -3.66. The lowest BCUT2D eigenvalue weighted by Gasteiger charge is -2.25. The van der Waals surface area contributed by atoms with Gasteiger partial charge in [-0.15, -0.1) is 0 Å². The van der Waals surface area contributed by atoms with E-state index in [4.69, 9.17) is 11.5 Å². The molecule has 2 heterocycles. The second-order valence-electron chi connectivity index (χ2n) is 7.19. The van der Waals surface area contributed by atoms with Gasteiger partial charge in [-0.2, -0.15) is 0 Å². The summed E-state index contributed by atoms with van der Waals surface area (Å²) in [6.45, 7) is 0.629. The molecule has 0 aliphatic carbocycles. The number of nitrogens with one attached hydrogen (secondary N) is 1. The zero-order valence-corrected chi connectivity index (χ0v) is 15.7. The number of aromatic nitrogens is 2. The molecule has 1 fully saturated rings. The Morgan fingerprint density at radius 1 is 1.17 bits per heavy atom. The highest BCUT2D eigenvalue weighted by Crippen LogP contribution is 2.32. The van der Waals surface area contributed by atoms with E-state index in [-0.39, 0.29) is 17.8 Å². The average molecular weight is 412 g/mol. The molecule has 2 aromatic carbocycles. The van der Waals surface area contributed by atoms with Crippen LogP contribution in [0.2, 0.25) is 0 Å². The maximum absolute atomic E-state index is 13.4. The molecule has 0 spiro atoms. The molecule has 3 aromatic rings. The molecule has 5 N–H and O–H groups in total. The fourth-order valence-corrected chi connectivity index (χ4v) is 3.59. The minimum absolute atomic E-state index is 0.117. The highest BCUT2D eigenvalue weighted by atomic mass is 19.2. The lowest BCUT2D eigenvalue weighted by molar-refractivity contribution is -0.120. The maximum Gasteiger partial charge on any atom is 0.250 e. The van der Waals surface area contributed by atoms with Crippen LogP contribution >= 0.6 is 0 Å². The minimum Gasteiger partial charge on any atom is -0.368 e. The lowest BCUT2D eigenvalue weighted by atomic mass is 9.99. The topological polar surface area (TPSA) is 127 Å². The zero-order chi connectivity index (χ0) is 21.5. The molecule has 4 rings (SSSR count). The number of carbonyl (C=O) groups is 2. The van der Waals surface area contributed by atoms with Gasteiger partial charge in [0.1, 0.15) is 11.9 Å². The van der Waals surface area contributed by atoms with E-state index in [9.17, 15) is 18.4 Å². The molecular formula is C20H18F2N6O2. The summed E-state index contributed by atoms with van der Waals surface area (Å²) in [7, 11) is 0.